The number of unbranched alkanes of at least 4 members (excludes halogenated alkanes) is 2. The van der Waals surface area contributed by atoms with E-state index in [4.69, 9.17) is 0 Å². The van der Waals surface area contributed by atoms with Crippen molar-refractivity contribution in [2.75, 3.05) is 7.05 Å². The van der Waals surface area contributed by atoms with E-state index in [0.29, 0.717) is 0 Å². The Balaban J connectivity index is 3.13. The molecule has 1 atom stereocenters. The van der Waals surface area contributed by atoms with E-state index in [0.717, 1.165) is 6.04 Å². The average molecular weight is 155 g/mol. The van der Waals surface area contributed by atoms with Gasteiger partial charge in [0, 0.05) is 6.04 Å². The maximum atomic E-state index is 3.70. The molecule has 0 aromatic carbocycles. The fraction of sp³-hybridized carbons (Fsp3) is 0.800. The summed E-state index contributed by atoms with van der Waals surface area (Å²) in [6, 6.07) is 0.722. The smallest absolute Gasteiger partial charge is 0.00614 e. The maximum absolute atomic E-state index is 3.70. The lowest BCUT2D eigenvalue weighted by atomic mass is 10.1. The zero-order chi connectivity index (χ0) is 8.53. The fourth-order valence-corrected chi connectivity index (χ4v) is 1.23. The van der Waals surface area contributed by atoms with Gasteiger partial charge in [-0.3, -0.25) is 0 Å². The van der Waals surface area contributed by atoms with Crippen LogP contribution in [0.2, 0.25) is 0 Å². The summed E-state index contributed by atoms with van der Waals surface area (Å²) < 4.78 is 0. The topological polar surface area (TPSA) is 12.0 Å². The molecule has 1 heteroatoms. The lowest BCUT2D eigenvalue weighted by Gasteiger charge is -2.12. The predicted molar refractivity (Wildman–Crippen MR) is 51.8 cm³/mol. The van der Waals surface area contributed by atoms with Gasteiger partial charge in [0.2, 0.25) is 0 Å². The second kappa shape index (κ2) is 7.80. The van der Waals surface area contributed by atoms with Crippen molar-refractivity contribution in [1.29, 1.82) is 0 Å². The van der Waals surface area contributed by atoms with Crippen molar-refractivity contribution in [1.82, 2.24) is 5.32 Å². The second-order valence-corrected chi connectivity index (χ2v) is 2.97. The Morgan fingerprint density at radius 3 is 2.64 bits per heavy atom. The standard InChI is InChI=1S/C10H21N/c1-4-6-7-8-9-10(5-2)11-3/h4,10-11H,1,5-9H2,2-3H3. The van der Waals surface area contributed by atoms with Crippen molar-refractivity contribution in [3.05, 3.63) is 12.7 Å². The van der Waals surface area contributed by atoms with Crippen LogP contribution in [0.1, 0.15) is 39.0 Å². The molecule has 0 saturated carbocycles. The highest BCUT2D eigenvalue weighted by Gasteiger charge is 2.00. The van der Waals surface area contributed by atoms with Crippen molar-refractivity contribution in [2.24, 2.45) is 0 Å². The van der Waals surface area contributed by atoms with Gasteiger partial charge in [-0.1, -0.05) is 19.4 Å². The van der Waals surface area contributed by atoms with Gasteiger partial charge in [0.05, 0.1) is 0 Å². The maximum Gasteiger partial charge on any atom is 0.00614 e. The normalized spacial score (nSPS) is 12.9. The predicted octanol–water partition coefficient (Wildman–Crippen LogP) is 2.73. The van der Waals surface area contributed by atoms with E-state index >= 15 is 0 Å². The number of rotatable bonds is 7. The minimum Gasteiger partial charge on any atom is -0.317 e. The summed E-state index contributed by atoms with van der Waals surface area (Å²) in [6.45, 7) is 5.93. The molecular weight excluding hydrogens is 134 g/mol. The highest BCUT2D eigenvalue weighted by Crippen LogP contribution is 2.05. The third-order valence-corrected chi connectivity index (χ3v) is 2.11. The molecule has 0 aromatic heterocycles. The van der Waals surface area contributed by atoms with Crippen molar-refractivity contribution >= 4 is 0 Å². The minimum absolute atomic E-state index is 0.722. The van der Waals surface area contributed by atoms with E-state index in [2.05, 4.69) is 18.8 Å². The Bertz CT molecular complexity index is 84.9. The summed E-state index contributed by atoms with van der Waals surface area (Å²) in [5.41, 5.74) is 0. The van der Waals surface area contributed by atoms with Crippen molar-refractivity contribution in [3.8, 4) is 0 Å². The Labute approximate surface area is 70.9 Å². The summed E-state index contributed by atoms with van der Waals surface area (Å²) in [4.78, 5) is 0. The molecule has 0 aliphatic heterocycles. The summed E-state index contributed by atoms with van der Waals surface area (Å²) in [7, 11) is 2.04. The van der Waals surface area contributed by atoms with E-state index in [1.54, 1.807) is 0 Å². The molecule has 0 amide bonds. The first-order valence-corrected chi connectivity index (χ1v) is 4.63. The lowest BCUT2D eigenvalue weighted by molar-refractivity contribution is 0.484. The molecule has 11 heavy (non-hydrogen) atoms. The molecule has 0 aliphatic carbocycles. The first-order chi connectivity index (χ1) is 5.35. The number of hydrogen-bond donors (Lipinski definition) is 1. The van der Waals surface area contributed by atoms with E-state index in [1.165, 1.54) is 32.1 Å². The van der Waals surface area contributed by atoms with Crippen LogP contribution in [0.5, 0.6) is 0 Å². The van der Waals surface area contributed by atoms with Crippen LogP contribution in [0.25, 0.3) is 0 Å². The Kier molecular flexibility index (Phi) is 7.59. The Hall–Kier alpha value is -0.300. The summed E-state index contributed by atoms with van der Waals surface area (Å²) in [5, 5.41) is 3.30. The van der Waals surface area contributed by atoms with Crippen molar-refractivity contribution < 1.29 is 0 Å². The van der Waals surface area contributed by atoms with E-state index in [-0.39, 0.29) is 0 Å². The molecule has 0 saturated heterocycles. The summed E-state index contributed by atoms with van der Waals surface area (Å²) >= 11 is 0. The van der Waals surface area contributed by atoms with Gasteiger partial charge < -0.3 is 5.32 Å². The zero-order valence-corrected chi connectivity index (χ0v) is 7.90. The van der Waals surface area contributed by atoms with Gasteiger partial charge in [0.15, 0.2) is 0 Å². The van der Waals surface area contributed by atoms with Gasteiger partial charge in [0.25, 0.3) is 0 Å². The highest BCUT2D eigenvalue weighted by atomic mass is 14.9. The molecule has 0 rings (SSSR count). The van der Waals surface area contributed by atoms with E-state index in [9.17, 15) is 0 Å². The quantitative estimate of drug-likeness (QED) is 0.440. The van der Waals surface area contributed by atoms with Crippen LogP contribution in [0, 0.1) is 0 Å². The summed E-state index contributed by atoms with van der Waals surface area (Å²) in [6.07, 6.45) is 8.33. The van der Waals surface area contributed by atoms with Gasteiger partial charge in [-0.15, -0.1) is 6.58 Å². The third-order valence-electron chi connectivity index (χ3n) is 2.11. The average Bonchev–Trinajstić information content (AvgIpc) is 2.05. The molecule has 0 heterocycles. The van der Waals surface area contributed by atoms with Crippen molar-refractivity contribution in [3.63, 3.8) is 0 Å². The number of nitrogens with one attached hydrogen (secondary N) is 1. The van der Waals surface area contributed by atoms with Crippen molar-refractivity contribution in [2.45, 2.75) is 45.1 Å². The van der Waals surface area contributed by atoms with Crippen LogP contribution in [-0.2, 0) is 0 Å². The molecule has 0 spiro atoms. The minimum atomic E-state index is 0.722. The van der Waals surface area contributed by atoms with E-state index < -0.39 is 0 Å². The second-order valence-electron chi connectivity index (χ2n) is 2.97. The lowest BCUT2D eigenvalue weighted by Crippen LogP contribution is -2.23. The Morgan fingerprint density at radius 2 is 2.18 bits per heavy atom. The highest BCUT2D eigenvalue weighted by molar-refractivity contribution is 4.67. The van der Waals surface area contributed by atoms with Gasteiger partial charge in [0.1, 0.15) is 0 Å². The molecule has 66 valence electrons. The Morgan fingerprint density at radius 1 is 1.45 bits per heavy atom. The van der Waals surface area contributed by atoms with Gasteiger partial charge in [-0.2, -0.15) is 0 Å². The van der Waals surface area contributed by atoms with Crippen LogP contribution >= 0.6 is 0 Å². The number of allylic oxidation sites excluding steroid dienone is 1. The molecule has 0 bridgehead atoms. The van der Waals surface area contributed by atoms with Crippen LogP contribution in [-0.4, -0.2) is 13.1 Å². The van der Waals surface area contributed by atoms with Crippen LogP contribution < -0.4 is 5.32 Å². The molecule has 0 aromatic rings. The molecule has 1 nitrogen and oxygen atoms in total. The fourth-order valence-electron chi connectivity index (χ4n) is 1.23. The van der Waals surface area contributed by atoms with Gasteiger partial charge >= 0.3 is 0 Å². The third kappa shape index (κ3) is 6.11. The monoisotopic (exact) mass is 155 g/mol. The largest absolute Gasteiger partial charge is 0.317 e. The first-order valence-electron chi connectivity index (χ1n) is 4.63. The van der Waals surface area contributed by atoms with Crippen LogP contribution in [0.4, 0.5) is 0 Å². The molecule has 1 N–H and O–H groups in total. The van der Waals surface area contributed by atoms with Gasteiger partial charge in [-0.25, -0.2) is 0 Å². The molecule has 0 fully saturated rings. The molecule has 0 aliphatic rings. The van der Waals surface area contributed by atoms with Crippen LogP contribution in [0.3, 0.4) is 0 Å². The molecule has 1 unspecified atom stereocenters. The SMILES string of the molecule is C=CCCCCC(CC)NC. The van der Waals surface area contributed by atoms with Crippen LogP contribution in [0.15, 0.2) is 12.7 Å². The zero-order valence-electron chi connectivity index (χ0n) is 7.90. The first kappa shape index (κ1) is 10.7. The molecular formula is C10H21N. The van der Waals surface area contributed by atoms with E-state index in [1.807, 2.05) is 13.1 Å². The van der Waals surface area contributed by atoms with Gasteiger partial charge in [-0.05, 0) is 32.7 Å². The summed E-state index contributed by atoms with van der Waals surface area (Å²) in [5.74, 6) is 0. The number of hydrogen-bond acceptors (Lipinski definition) is 1. The molecule has 0 radical (unpaired) electrons.